The van der Waals surface area contributed by atoms with Gasteiger partial charge in [-0.05, 0) is 61.9 Å². The molecule has 1 amide bonds. The Bertz CT molecular complexity index is 1410. The molecule has 4 aromatic rings. The van der Waals surface area contributed by atoms with Gasteiger partial charge in [-0.3, -0.25) is 9.52 Å². The molecule has 2 heterocycles. The molecule has 0 aliphatic carbocycles. The predicted octanol–water partition coefficient (Wildman–Crippen LogP) is 4.12. The van der Waals surface area contributed by atoms with E-state index in [1.54, 1.807) is 79.3 Å². The molecule has 0 unspecified atom stereocenters. The van der Waals surface area contributed by atoms with Crippen LogP contribution in [0.3, 0.4) is 0 Å². The lowest BCUT2D eigenvalue weighted by atomic mass is 10.2. The van der Waals surface area contributed by atoms with Crippen LogP contribution < -0.4 is 10.0 Å². The first-order chi connectivity index (χ1) is 15.8. The van der Waals surface area contributed by atoms with Gasteiger partial charge in [0.2, 0.25) is 10.0 Å². The molecule has 0 spiro atoms. The van der Waals surface area contributed by atoms with E-state index >= 15 is 0 Å². The van der Waals surface area contributed by atoms with E-state index in [1.165, 1.54) is 16.9 Å². The molecule has 0 saturated heterocycles. The number of rotatable bonds is 7. The molecule has 4 rings (SSSR count). The number of para-hydroxylation sites is 1. The van der Waals surface area contributed by atoms with Gasteiger partial charge in [-0.2, -0.15) is 5.10 Å². The van der Waals surface area contributed by atoms with Gasteiger partial charge >= 0.3 is 0 Å². The Balaban J connectivity index is 1.67. The van der Waals surface area contributed by atoms with Gasteiger partial charge in [0.05, 0.1) is 17.6 Å². The van der Waals surface area contributed by atoms with E-state index in [9.17, 15) is 17.6 Å². The zero-order valence-electron chi connectivity index (χ0n) is 18.0. The molecule has 2 aromatic heterocycles. The lowest BCUT2D eigenvalue weighted by molar-refractivity contribution is 0.102. The number of carbonyl (C=O) groups excluding carboxylic acids is 1. The summed E-state index contributed by atoms with van der Waals surface area (Å²) in [6.07, 6.45) is 4.86. The summed E-state index contributed by atoms with van der Waals surface area (Å²) in [6.45, 7) is 3.29. The highest BCUT2D eigenvalue weighted by Gasteiger charge is 2.21. The molecular formula is C23H22FN5O3S. The molecule has 2 N–H and O–H groups in total. The number of hydrogen-bond donors (Lipinski definition) is 2. The quantitative estimate of drug-likeness (QED) is 0.427. The first kappa shape index (κ1) is 22.3. The maximum atomic E-state index is 14.5. The van der Waals surface area contributed by atoms with E-state index in [2.05, 4.69) is 15.1 Å². The predicted molar refractivity (Wildman–Crippen MR) is 125 cm³/mol. The highest BCUT2D eigenvalue weighted by atomic mass is 32.2. The number of carbonyl (C=O) groups is 1. The summed E-state index contributed by atoms with van der Waals surface area (Å²) in [5.74, 6) is -0.574. The van der Waals surface area contributed by atoms with Gasteiger partial charge in [0.1, 0.15) is 17.1 Å². The van der Waals surface area contributed by atoms with E-state index in [0.717, 1.165) is 0 Å². The van der Waals surface area contributed by atoms with Crippen LogP contribution >= 0.6 is 0 Å². The normalized spacial score (nSPS) is 11.4. The largest absolute Gasteiger partial charge is 0.322 e. The van der Waals surface area contributed by atoms with Crippen molar-refractivity contribution in [1.29, 1.82) is 0 Å². The van der Waals surface area contributed by atoms with Crippen LogP contribution in [0.2, 0.25) is 0 Å². The van der Waals surface area contributed by atoms with Gasteiger partial charge in [0, 0.05) is 18.1 Å². The fraction of sp³-hybridized carbons (Fsp3) is 0.130. The van der Waals surface area contributed by atoms with Gasteiger partial charge < -0.3 is 9.88 Å². The molecule has 2 aromatic carbocycles. The third-order valence-electron chi connectivity index (χ3n) is 5.05. The maximum Gasteiger partial charge on any atom is 0.261 e. The van der Waals surface area contributed by atoms with Crippen molar-refractivity contribution in [2.75, 3.05) is 15.8 Å². The second-order valence-corrected chi connectivity index (χ2v) is 9.34. The maximum absolute atomic E-state index is 14.5. The third-order valence-corrected chi connectivity index (χ3v) is 6.34. The molecule has 170 valence electrons. The molecule has 33 heavy (non-hydrogen) atoms. The molecule has 0 aliphatic heterocycles. The molecule has 8 nitrogen and oxygen atoms in total. The van der Waals surface area contributed by atoms with Crippen LogP contribution in [0.25, 0.3) is 11.5 Å². The van der Waals surface area contributed by atoms with Crippen molar-refractivity contribution >= 4 is 27.3 Å². The van der Waals surface area contributed by atoms with Crippen LogP contribution in [0.4, 0.5) is 15.8 Å². The third kappa shape index (κ3) is 4.65. The van der Waals surface area contributed by atoms with Crippen molar-refractivity contribution in [3.63, 3.8) is 0 Å². The minimum absolute atomic E-state index is 0.0426. The number of nitrogens with one attached hydrogen (secondary N) is 2. The first-order valence-electron chi connectivity index (χ1n) is 10.2. The van der Waals surface area contributed by atoms with Crippen LogP contribution in [0.5, 0.6) is 0 Å². The van der Waals surface area contributed by atoms with Gasteiger partial charge in [-0.15, -0.1) is 0 Å². The summed E-state index contributed by atoms with van der Waals surface area (Å²) >= 11 is 0. The van der Waals surface area contributed by atoms with Crippen molar-refractivity contribution in [3.05, 3.63) is 90.1 Å². The van der Waals surface area contributed by atoms with Gasteiger partial charge in [-0.1, -0.05) is 12.1 Å². The number of anilines is 2. The number of aromatic nitrogens is 3. The molecule has 0 saturated carbocycles. The van der Waals surface area contributed by atoms with E-state index in [-0.39, 0.29) is 17.0 Å². The van der Waals surface area contributed by atoms with Crippen LogP contribution in [-0.2, 0) is 10.0 Å². The average molecular weight is 468 g/mol. The lowest BCUT2D eigenvalue weighted by Crippen LogP contribution is -2.17. The number of amides is 1. The Hall–Kier alpha value is -3.92. The molecule has 0 radical (unpaired) electrons. The number of halogens is 1. The lowest BCUT2D eigenvalue weighted by Gasteiger charge is -2.13. The molecular weight excluding hydrogens is 445 g/mol. The highest BCUT2D eigenvalue weighted by Crippen LogP contribution is 2.25. The smallest absolute Gasteiger partial charge is 0.261 e. The summed E-state index contributed by atoms with van der Waals surface area (Å²) in [4.78, 5) is 13.1. The Morgan fingerprint density at radius 3 is 2.48 bits per heavy atom. The van der Waals surface area contributed by atoms with Gasteiger partial charge in [0.15, 0.2) is 5.82 Å². The Kier molecular flexibility index (Phi) is 6.01. The number of nitrogens with zero attached hydrogens (tertiary/aromatic N) is 3. The van der Waals surface area contributed by atoms with E-state index in [4.69, 9.17) is 0 Å². The van der Waals surface area contributed by atoms with E-state index in [1.807, 2.05) is 0 Å². The van der Waals surface area contributed by atoms with Crippen LogP contribution in [0, 0.1) is 12.7 Å². The standard InChI is InChI=1S/C23H22FN5O3S/c1-3-33(31,32)27-20-11-10-17(14-16(20)2)26-22(30)18-15-25-29(21-9-5-4-8-19(21)24)23(18)28-12-6-7-13-28/h4-15,27H,3H2,1-2H3,(H,26,30). The Labute approximate surface area is 190 Å². The van der Waals surface area contributed by atoms with E-state index in [0.29, 0.717) is 22.8 Å². The van der Waals surface area contributed by atoms with Crippen LogP contribution in [0.1, 0.15) is 22.8 Å². The van der Waals surface area contributed by atoms with Crippen molar-refractivity contribution < 1.29 is 17.6 Å². The molecule has 0 bridgehead atoms. The van der Waals surface area contributed by atoms with Crippen molar-refractivity contribution in [2.45, 2.75) is 13.8 Å². The fourth-order valence-corrected chi connectivity index (χ4v) is 4.03. The first-order valence-corrected chi connectivity index (χ1v) is 11.8. The summed E-state index contributed by atoms with van der Waals surface area (Å²) < 4.78 is 43.7. The SMILES string of the molecule is CCS(=O)(=O)Nc1ccc(NC(=O)c2cnn(-c3ccccc3F)c2-n2cccc2)cc1C. The van der Waals surface area contributed by atoms with Gasteiger partial charge in [0.25, 0.3) is 5.91 Å². The Morgan fingerprint density at radius 2 is 1.82 bits per heavy atom. The zero-order chi connectivity index (χ0) is 23.6. The number of benzene rings is 2. The minimum atomic E-state index is -3.41. The highest BCUT2D eigenvalue weighted by molar-refractivity contribution is 7.92. The topological polar surface area (TPSA) is 98.0 Å². The average Bonchev–Trinajstić information content (AvgIpc) is 3.45. The zero-order valence-corrected chi connectivity index (χ0v) is 18.8. The van der Waals surface area contributed by atoms with Gasteiger partial charge in [-0.25, -0.2) is 17.5 Å². The second-order valence-electron chi connectivity index (χ2n) is 7.32. The Morgan fingerprint density at radius 1 is 1.09 bits per heavy atom. The molecule has 0 aliphatic rings. The summed E-state index contributed by atoms with van der Waals surface area (Å²) in [5, 5.41) is 7.07. The molecule has 0 fully saturated rings. The summed E-state index contributed by atoms with van der Waals surface area (Å²) in [6, 6.07) is 14.6. The summed E-state index contributed by atoms with van der Waals surface area (Å²) in [7, 11) is -3.41. The number of aryl methyl sites for hydroxylation is 1. The van der Waals surface area contributed by atoms with Crippen molar-refractivity contribution in [1.82, 2.24) is 14.3 Å². The van der Waals surface area contributed by atoms with E-state index < -0.39 is 21.7 Å². The number of sulfonamides is 1. The second kappa shape index (κ2) is 8.91. The minimum Gasteiger partial charge on any atom is -0.322 e. The molecule has 10 heteroatoms. The number of hydrogen-bond acceptors (Lipinski definition) is 4. The molecule has 0 atom stereocenters. The fourth-order valence-electron chi connectivity index (χ4n) is 3.32. The van der Waals surface area contributed by atoms with Crippen molar-refractivity contribution in [3.8, 4) is 11.5 Å². The summed E-state index contributed by atoms with van der Waals surface area (Å²) in [5.41, 5.74) is 2.02. The van der Waals surface area contributed by atoms with Crippen LogP contribution in [0.15, 0.2) is 73.2 Å². The van der Waals surface area contributed by atoms with Crippen molar-refractivity contribution in [2.24, 2.45) is 0 Å². The monoisotopic (exact) mass is 467 g/mol. The van der Waals surface area contributed by atoms with Crippen LogP contribution in [-0.4, -0.2) is 34.4 Å².